The number of rotatable bonds is 3. The van der Waals surface area contributed by atoms with Crippen molar-refractivity contribution in [1.82, 2.24) is 5.43 Å². The molecule has 0 amide bonds. The molecule has 3 unspecified atom stereocenters. The summed E-state index contributed by atoms with van der Waals surface area (Å²) in [6.45, 7) is 2.02. The SMILES string of the molecule is CC1CC1C(NN)c1ccc(C(F)(F)F)c(F)c1. The Morgan fingerprint density at radius 2 is 2.00 bits per heavy atom. The smallest absolute Gasteiger partial charge is 0.271 e. The third-order valence-electron chi connectivity index (χ3n) is 3.44. The Kier molecular flexibility index (Phi) is 3.33. The van der Waals surface area contributed by atoms with Gasteiger partial charge in [0.25, 0.3) is 0 Å². The molecule has 2 nitrogen and oxygen atoms in total. The van der Waals surface area contributed by atoms with Gasteiger partial charge in [-0.2, -0.15) is 13.2 Å². The van der Waals surface area contributed by atoms with Crippen molar-refractivity contribution in [3.63, 3.8) is 0 Å². The highest BCUT2D eigenvalue weighted by molar-refractivity contribution is 5.29. The fraction of sp³-hybridized carbons (Fsp3) is 0.500. The average molecular weight is 262 g/mol. The highest BCUT2D eigenvalue weighted by atomic mass is 19.4. The van der Waals surface area contributed by atoms with Gasteiger partial charge in [-0.3, -0.25) is 11.3 Å². The first-order chi connectivity index (χ1) is 8.34. The molecule has 6 heteroatoms. The van der Waals surface area contributed by atoms with E-state index in [-0.39, 0.29) is 12.0 Å². The van der Waals surface area contributed by atoms with Crippen molar-refractivity contribution in [2.75, 3.05) is 0 Å². The van der Waals surface area contributed by atoms with E-state index in [2.05, 4.69) is 5.43 Å². The number of benzene rings is 1. The summed E-state index contributed by atoms with van der Waals surface area (Å²) in [5.74, 6) is 4.84. The molecular formula is C12H14F4N2. The van der Waals surface area contributed by atoms with Crippen LogP contribution in [0.4, 0.5) is 17.6 Å². The van der Waals surface area contributed by atoms with Gasteiger partial charge >= 0.3 is 6.18 Å². The van der Waals surface area contributed by atoms with E-state index in [1.54, 1.807) is 0 Å². The number of hydrogen-bond donors (Lipinski definition) is 2. The Hall–Kier alpha value is -1.14. The van der Waals surface area contributed by atoms with Gasteiger partial charge in [0, 0.05) is 6.04 Å². The van der Waals surface area contributed by atoms with Gasteiger partial charge in [0.1, 0.15) is 5.82 Å². The lowest BCUT2D eigenvalue weighted by atomic mass is 10.00. The average Bonchev–Trinajstić information content (AvgIpc) is 2.94. The molecule has 0 spiro atoms. The molecule has 1 aromatic carbocycles. The molecule has 0 saturated heterocycles. The van der Waals surface area contributed by atoms with Crippen molar-refractivity contribution in [3.8, 4) is 0 Å². The molecule has 0 bridgehead atoms. The van der Waals surface area contributed by atoms with Crippen LogP contribution in [-0.2, 0) is 6.18 Å². The Balaban J connectivity index is 2.28. The van der Waals surface area contributed by atoms with E-state index in [1.807, 2.05) is 6.92 Å². The summed E-state index contributed by atoms with van der Waals surface area (Å²) in [7, 11) is 0. The van der Waals surface area contributed by atoms with E-state index in [4.69, 9.17) is 5.84 Å². The number of nitrogens with one attached hydrogen (secondary N) is 1. The summed E-state index contributed by atoms with van der Waals surface area (Å²) in [4.78, 5) is 0. The lowest BCUT2D eigenvalue weighted by Crippen LogP contribution is -2.30. The zero-order valence-electron chi connectivity index (χ0n) is 9.76. The molecule has 1 aliphatic rings. The summed E-state index contributed by atoms with van der Waals surface area (Å²) >= 11 is 0. The molecule has 2 rings (SSSR count). The molecule has 18 heavy (non-hydrogen) atoms. The van der Waals surface area contributed by atoms with Gasteiger partial charge < -0.3 is 0 Å². The predicted octanol–water partition coefficient (Wildman–Crippen LogP) is 3.00. The van der Waals surface area contributed by atoms with Crippen molar-refractivity contribution >= 4 is 0 Å². The Bertz CT molecular complexity index is 444. The maximum absolute atomic E-state index is 13.4. The molecule has 3 N–H and O–H groups in total. The van der Waals surface area contributed by atoms with Crippen LogP contribution in [0.3, 0.4) is 0 Å². The lowest BCUT2D eigenvalue weighted by Gasteiger charge is -2.17. The fourth-order valence-electron chi connectivity index (χ4n) is 2.24. The number of hydrogen-bond acceptors (Lipinski definition) is 2. The van der Waals surface area contributed by atoms with Gasteiger partial charge in [-0.1, -0.05) is 13.0 Å². The maximum atomic E-state index is 13.4. The van der Waals surface area contributed by atoms with E-state index < -0.39 is 17.6 Å². The van der Waals surface area contributed by atoms with E-state index in [1.165, 1.54) is 6.07 Å². The predicted molar refractivity (Wildman–Crippen MR) is 58.7 cm³/mol. The molecule has 1 aromatic rings. The maximum Gasteiger partial charge on any atom is 0.419 e. The molecular weight excluding hydrogens is 248 g/mol. The van der Waals surface area contributed by atoms with Crippen LogP contribution in [-0.4, -0.2) is 0 Å². The van der Waals surface area contributed by atoms with Crippen molar-refractivity contribution in [2.24, 2.45) is 17.7 Å². The van der Waals surface area contributed by atoms with Crippen LogP contribution in [0.25, 0.3) is 0 Å². The van der Waals surface area contributed by atoms with Crippen LogP contribution in [0, 0.1) is 17.7 Å². The second kappa shape index (κ2) is 4.51. The minimum Gasteiger partial charge on any atom is -0.271 e. The second-order valence-electron chi connectivity index (χ2n) is 4.76. The molecule has 0 aliphatic heterocycles. The molecule has 0 heterocycles. The zero-order valence-corrected chi connectivity index (χ0v) is 9.76. The van der Waals surface area contributed by atoms with Crippen LogP contribution >= 0.6 is 0 Å². The summed E-state index contributed by atoms with van der Waals surface area (Å²) in [6, 6.07) is 2.67. The zero-order chi connectivity index (χ0) is 13.5. The van der Waals surface area contributed by atoms with Gasteiger partial charge in [0.05, 0.1) is 5.56 Å². The number of halogens is 4. The van der Waals surface area contributed by atoms with Crippen molar-refractivity contribution < 1.29 is 17.6 Å². The van der Waals surface area contributed by atoms with Gasteiger partial charge in [-0.05, 0) is 36.0 Å². The minimum absolute atomic E-state index is 0.256. The molecule has 1 saturated carbocycles. The molecule has 1 fully saturated rings. The van der Waals surface area contributed by atoms with Gasteiger partial charge in [0.15, 0.2) is 0 Å². The van der Waals surface area contributed by atoms with Gasteiger partial charge in [0.2, 0.25) is 0 Å². The number of hydrazine groups is 1. The third-order valence-corrected chi connectivity index (χ3v) is 3.44. The number of alkyl halides is 3. The van der Waals surface area contributed by atoms with E-state index in [9.17, 15) is 17.6 Å². The minimum atomic E-state index is -4.67. The van der Waals surface area contributed by atoms with E-state index in [0.29, 0.717) is 11.5 Å². The second-order valence-corrected chi connectivity index (χ2v) is 4.76. The summed E-state index contributed by atoms with van der Waals surface area (Å²) in [5, 5.41) is 0. The lowest BCUT2D eigenvalue weighted by molar-refractivity contribution is -0.140. The normalized spacial score (nSPS) is 25.0. The molecule has 3 atom stereocenters. The van der Waals surface area contributed by atoms with Crippen LogP contribution in [0.5, 0.6) is 0 Å². The molecule has 0 radical (unpaired) electrons. The summed E-state index contributed by atoms with van der Waals surface area (Å²) in [5.41, 5.74) is 1.76. The summed E-state index contributed by atoms with van der Waals surface area (Å²) in [6.07, 6.45) is -3.72. The van der Waals surface area contributed by atoms with Crippen molar-refractivity contribution in [2.45, 2.75) is 25.6 Å². The van der Waals surface area contributed by atoms with E-state index >= 15 is 0 Å². The Labute approximate surface area is 102 Å². The third kappa shape index (κ3) is 2.49. The standard InChI is InChI=1S/C12H14F4N2/c1-6-4-8(6)11(18-17)7-2-3-9(10(13)5-7)12(14,15)16/h2-3,5-6,8,11,18H,4,17H2,1H3. The Morgan fingerprint density at radius 3 is 2.39 bits per heavy atom. The number of nitrogens with two attached hydrogens (primary N) is 1. The van der Waals surface area contributed by atoms with Gasteiger partial charge in [-0.25, -0.2) is 4.39 Å². The first-order valence-electron chi connectivity index (χ1n) is 5.67. The van der Waals surface area contributed by atoms with E-state index in [0.717, 1.165) is 18.6 Å². The molecule has 1 aliphatic carbocycles. The largest absolute Gasteiger partial charge is 0.419 e. The van der Waals surface area contributed by atoms with Crippen LogP contribution in [0.2, 0.25) is 0 Å². The summed E-state index contributed by atoms with van der Waals surface area (Å²) < 4.78 is 50.7. The van der Waals surface area contributed by atoms with Crippen molar-refractivity contribution in [3.05, 3.63) is 35.1 Å². The first-order valence-corrected chi connectivity index (χ1v) is 5.67. The van der Waals surface area contributed by atoms with Crippen molar-refractivity contribution in [1.29, 1.82) is 0 Å². The highest BCUT2D eigenvalue weighted by Gasteiger charge is 2.40. The van der Waals surface area contributed by atoms with Crippen LogP contribution in [0.1, 0.15) is 30.5 Å². The quantitative estimate of drug-likeness (QED) is 0.499. The Morgan fingerprint density at radius 1 is 1.39 bits per heavy atom. The molecule has 0 aromatic heterocycles. The van der Waals surface area contributed by atoms with Crippen LogP contribution < -0.4 is 11.3 Å². The topological polar surface area (TPSA) is 38.0 Å². The fourth-order valence-corrected chi connectivity index (χ4v) is 2.24. The monoisotopic (exact) mass is 262 g/mol. The highest BCUT2D eigenvalue weighted by Crippen LogP contribution is 2.47. The molecule has 100 valence electrons. The first kappa shape index (κ1) is 13.3. The van der Waals surface area contributed by atoms with Gasteiger partial charge in [-0.15, -0.1) is 0 Å². The van der Waals surface area contributed by atoms with Crippen LogP contribution in [0.15, 0.2) is 18.2 Å².